The van der Waals surface area contributed by atoms with Crippen LogP contribution in [0.4, 0.5) is 5.82 Å². The van der Waals surface area contributed by atoms with E-state index in [1.807, 2.05) is 6.20 Å². The fraction of sp³-hybridized carbons (Fsp3) is 0.455. The summed E-state index contributed by atoms with van der Waals surface area (Å²) >= 11 is 0. The fourth-order valence-electron chi connectivity index (χ4n) is 2.00. The van der Waals surface area contributed by atoms with Gasteiger partial charge in [-0.25, -0.2) is 4.98 Å². The number of hydrazine groups is 1. The van der Waals surface area contributed by atoms with Crippen molar-refractivity contribution >= 4 is 5.82 Å². The number of nitrogens with two attached hydrogens (primary N) is 2. The van der Waals surface area contributed by atoms with E-state index in [0.29, 0.717) is 12.2 Å². The quantitative estimate of drug-likeness (QED) is 0.436. The molecule has 0 bridgehead atoms. The summed E-state index contributed by atoms with van der Waals surface area (Å²) in [7, 11) is 0. The fourth-order valence-corrected chi connectivity index (χ4v) is 2.00. The zero-order valence-corrected chi connectivity index (χ0v) is 10.4. The van der Waals surface area contributed by atoms with E-state index in [4.69, 9.17) is 11.6 Å². The van der Waals surface area contributed by atoms with Gasteiger partial charge >= 0.3 is 0 Å². The summed E-state index contributed by atoms with van der Waals surface area (Å²) in [5.74, 6) is 7.11. The number of aromatic nitrogens is 4. The van der Waals surface area contributed by atoms with E-state index in [1.54, 1.807) is 12.4 Å². The van der Waals surface area contributed by atoms with E-state index in [2.05, 4.69) is 32.1 Å². The molecule has 0 aliphatic rings. The van der Waals surface area contributed by atoms with Gasteiger partial charge in [0.15, 0.2) is 0 Å². The number of nitrogens with zero attached hydrogens (tertiary/aromatic N) is 3. The van der Waals surface area contributed by atoms with E-state index in [-0.39, 0.29) is 6.04 Å². The first-order valence-corrected chi connectivity index (χ1v) is 6.01. The van der Waals surface area contributed by atoms with E-state index >= 15 is 0 Å². The molecule has 0 radical (unpaired) electrons. The van der Waals surface area contributed by atoms with Gasteiger partial charge in [-0.3, -0.25) is 16.4 Å². The molecule has 0 amide bonds. The second-order valence-electron chi connectivity index (χ2n) is 4.20. The van der Waals surface area contributed by atoms with Crippen LogP contribution >= 0.6 is 0 Å². The SMILES string of the molecule is CCCn1ccnc1CC(NN)c1cn[nH]c1N. The lowest BCUT2D eigenvalue weighted by molar-refractivity contribution is 0.518. The minimum absolute atomic E-state index is 0.0956. The maximum Gasteiger partial charge on any atom is 0.123 e. The second kappa shape index (κ2) is 5.65. The van der Waals surface area contributed by atoms with E-state index in [1.165, 1.54) is 0 Å². The highest BCUT2D eigenvalue weighted by atomic mass is 15.2. The summed E-state index contributed by atoms with van der Waals surface area (Å²) < 4.78 is 2.13. The molecule has 7 nitrogen and oxygen atoms in total. The Morgan fingerprint density at radius 1 is 1.56 bits per heavy atom. The molecular formula is C11H19N7. The predicted octanol–water partition coefficient (Wildman–Crippen LogP) is 0.346. The van der Waals surface area contributed by atoms with Crippen molar-refractivity contribution in [3.63, 3.8) is 0 Å². The predicted molar refractivity (Wildman–Crippen MR) is 69.3 cm³/mol. The number of rotatable bonds is 6. The number of aromatic amines is 1. The highest BCUT2D eigenvalue weighted by Crippen LogP contribution is 2.20. The number of hydrogen-bond acceptors (Lipinski definition) is 5. The van der Waals surface area contributed by atoms with Crippen molar-refractivity contribution < 1.29 is 0 Å². The summed E-state index contributed by atoms with van der Waals surface area (Å²) in [6, 6.07) is -0.0956. The largest absolute Gasteiger partial charge is 0.384 e. The first-order valence-electron chi connectivity index (χ1n) is 6.01. The molecule has 0 aliphatic carbocycles. The minimum Gasteiger partial charge on any atom is -0.384 e. The van der Waals surface area contributed by atoms with Gasteiger partial charge in [-0.2, -0.15) is 5.10 Å². The van der Waals surface area contributed by atoms with Crippen LogP contribution < -0.4 is 17.0 Å². The summed E-state index contributed by atoms with van der Waals surface area (Å²) in [5, 5.41) is 6.61. The number of nitrogen functional groups attached to an aromatic ring is 1. The van der Waals surface area contributed by atoms with Crippen molar-refractivity contribution in [2.24, 2.45) is 5.84 Å². The molecule has 0 saturated carbocycles. The van der Waals surface area contributed by atoms with Crippen molar-refractivity contribution in [2.45, 2.75) is 32.4 Å². The topological polar surface area (TPSA) is 111 Å². The number of imidazole rings is 1. The Morgan fingerprint density at radius 2 is 2.39 bits per heavy atom. The third kappa shape index (κ3) is 2.52. The second-order valence-corrected chi connectivity index (χ2v) is 4.20. The first kappa shape index (κ1) is 12.6. The molecule has 0 aliphatic heterocycles. The highest BCUT2D eigenvalue weighted by molar-refractivity contribution is 5.39. The third-order valence-corrected chi connectivity index (χ3v) is 2.93. The molecule has 0 aromatic carbocycles. The van der Waals surface area contributed by atoms with Crippen molar-refractivity contribution in [1.82, 2.24) is 25.2 Å². The van der Waals surface area contributed by atoms with Crippen LogP contribution in [0.1, 0.15) is 30.8 Å². The van der Waals surface area contributed by atoms with Gasteiger partial charge < -0.3 is 10.3 Å². The Hall–Kier alpha value is -1.86. The molecule has 2 aromatic heterocycles. The van der Waals surface area contributed by atoms with Crippen molar-refractivity contribution in [3.05, 3.63) is 30.0 Å². The molecule has 1 atom stereocenters. The molecule has 2 aromatic rings. The van der Waals surface area contributed by atoms with Crippen LogP contribution in [0, 0.1) is 0 Å². The average molecular weight is 249 g/mol. The normalized spacial score (nSPS) is 12.8. The average Bonchev–Trinajstić information content (AvgIpc) is 2.96. The van der Waals surface area contributed by atoms with Crippen LogP contribution in [0.5, 0.6) is 0 Å². The van der Waals surface area contributed by atoms with Crippen LogP contribution in [-0.2, 0) is 13.0 Å². The zero-order chi connectivity index (χ0) is 13.0. The number of anilines is 1. The van der Waals surface area contributed by atoms with Crippen molar-refractivity contribution in [3.8, 4) is 0 Å². The molecule has 2 rings (SSSR count). The summed E-state index contributed by atoms with van der Waals surface area (Å²) in [6.07, 6.45) is 7.21. The molecule has 18 heavy (non-hydrogen) atoms. The molecule has 98 valence electrons. The number of nitrogens with one attached hydrogen (secondary N) is 2. The van der Waals surface area contributed by atoms with E-state index in [9.17, 15) is 0 Å². The van der Waals surface area contributed by atoms with E-state index < -0.39 is 0 Å². The maximum atomic E-state index is 5.80. The van der Waals surface area contributed by atoms with Gasteiger partial charge in [0.1, 0.15) is 11.6 Å². The molecule has 2 heterocycles. The van der Waals surface area contributed by atoms with Gasteiger partial charge in [0.25, 0.3) is 0 Å². The Bertz CT molecular complexity index is 487. The van der Waals surface area contributed by atoms with Gasteiger partial charge in [-0.15, -0.1) is 0 Å². The van der Waals surface area contributed by atoms with Crippen LogP contribution in [-0.4, -0.2) is 19.7 Å². The Morgan fingerprint density at radius 3 is 3.00 bits per heavy atom. The molecule has 0 spiro atoms. The summed E-state index contributed by atoms with van der Waals surface area (Å²) in [6.45, 7) is 3.09. The number of H-pyrrole nitrogens is 1. The van der Waals surface area contributed by atoms with Crippen LogP contribution in [0.2, 0.25) is 0 Å². The van der Waals surface area contributed by atoms with Crippen molar-refractivity contribution in [2.75, 3.05) is 5.73 Å². The van der Waals surface area contributed by atoms with Crippen LogP contribution in [0.3, 0.4) is 0 Å². The third-order valence-electron chi connectivity index (χ3n) is 2.93. The maximum absolute atomic E-state index is 5.80. The van der Waals surface area contributed by atoms with E-state index in [0.717, 1.165) is 24.4 Å². The molecule has 1 unspecified atom stereocenters. The lowest BCUT2D eigenvalue weighted by atomic mass is 10.1. The zero-order valence-electron chi connectivity index (χ0n) is 10.4. The first-order chi connectivity index (χ1) is 8.76. The van der Waals surface area contributed by atoms with Crippen molar-refractivity contribution in [1.29, 1.82) is 0 Å². The molecule has 0 fully saturated rings. The molecule has 0 saturated heterocycles. The standard InChI is InChI=1S/C11H19N7/c1-2-4-18-5-3-14-10(18)6-9(16-13)8-7-15-17-11(8)12/h3,5,7,9,16H,2,4,6,13H2,1H3,(H3,12,15,17). The van der Waals surface area contributed by atoms with Gasteiger partial charge in [-0.1, -0.05) is 6.92 Å². The number of hydrogen-bond donors (Lipinski definition) is 4. The Labute approximate surface area is 106 Å². The van der Waals surface area contributed by atoms with Crippen LogP contribution in [0.25, 0.3) is 0 Å². The summed E-state index contributed by atoms with van der Waals surface area (Å²) in [4.78, 5) is 4.36. The smallest absolute Gasteiger partial charge is 0.123 e. The van der Waals surface area contributed by atoms with Gasteiger partial charge in [0.05, 0.1) is 12.2 Å². The Balaban J connectivity index is 2.15. The van der Waals surface area contributed by atoms with Crippen LogP contribution in [0.15, 0.2) is 18.6 Å². The molecule has 6 N–H and O–H groups in total. The minimum atomic E-state index is -0.0956. The monoisotopic (exact) mass is 249 g/mol. The lowest BCUT2D eigenvalue weighted by Gasteiger charge is -2.15. The lowest BCUT2D eigenvalue weighted by Crippen LogP contribution is -2.30. The molecule has 7 heteroatoms. The number of aryl methyl sites for hydroxylation is 1. The van der Waals surface area contributed by atoms with Gasteiger partial charge in [0, 0.05) is 30.9 Å². The van der Waals surface area contributed by atoms with Gasteiger partial charge in [-0.05, 0) is 6.42 Å². The van der Waals surface area contributed by atoms with Gasteiger partial charge in [0.2, 0.25) is 0 Å². The highest BCUT2D eigenvalue weighted by Gasteiger charge is 2.17. The molecular weight excluding hydrogens is 230 g/mol. The summed E-state index contributed by atoms with van der Waals surface area (Å²) in [5.41, 5.74) is 9.43. The Kier molecular flexibility index (Phi) is 3.96.